The van der Waals surface area contributed by atoms with Crippen LogP contribution in [0.5, 0.6) is 0 Å². The summed E-state index contributed by atoms with van der Waals surface area (Å²) in [5.74, 6) is 0.399. The van der Waals surface area contributed by atoms with Crippen LogP contribution in [0.1, 0.15) is 44.1 Å². The van der Waals surface area contributed by atoms with Crippen LogP contribution in [0.4, 0.5) is 0 Å². The molecule has 2 aliphatic rings. The maximum absolute atomic E-state index is 12.8. The first-order valence-corrected chi connectivity index (χ1v) is 15.3. The molecule has 1 saturated heterocycles. The molecule has 11 heteroatoms. The number of hydrogen-bond acceptors (Lipinski definition) is 6. The standard InChI is InChI=1S/C29H33N7O3S/c30-27(32-22-3-1-2-4-22)20-5-9-24(10-6-20)36-18-21-17-26(33-28(21)34-29(36)37)19-7-11-25(12-8-19)40(38,39)35-23-13-15-31-16-14-23/h5-12,17-18,22-23,31,35H,1-4,13-16H2,(H2,30,32)(H,33,34,37). The third kappa shape index (κ3) is 5.58. The zero-order chi connectivity index (χ0) is 27.7. The fourth-order valence-electron chi connectivity index (χ4n) is 5.52. The largest absolute Gasteiger partial charge is 0.367 e. The summed E-state index contributed by atoms with van der Waals surface area (Å²) >= 11 is 0. The van der Waals surface area contributed by atoms with Crippen molar-refractivity contribution in [1.82, 2.24) is 29.9 Å². The predicted octanol–water partition coefficient (Wildman–Crippen LogP) is 3.27. The van der Waals surface area contributed by atoms with Crippen molar-refractivity contribution < 1.29 is 8.42 Å². The average molecular weight is 560 g/mol. The van der Waals surface area contributed by atoms with Gasteiger partial charge in [-0.3, -0.25) is 9.98 Å². The van der Waals surface area contributed by atoms with Crippen molar-refractivity contribution in [1.29, 1.82) is 5.41 Å². The maximum Gasteiger partial charge on any atom is 0.354 e. The number of benzene rings is 2. The molecule has 0 atom stereocenters. The van der Waals surface area contributed by atoms with E-state index in [1.165, 1.54) is 17.4 Å². The van der Waals surface area contributed by atoms with Gasteiger partial charge >= 0.3 is 5.69 Å². The fourth-order valence-corrected chi connectivity index (χ4v) is 6.83. The summed E-state index contributed by atoms with van der Waals surface area (Å²) in [5.41, 5.74) is 3.00. The highest BCUT2D eigenvalue weighted by atomic mass is 32.2. The number of hydrogen-bond donors (Lipinski definition) is 5. The highest BCUT2D eigenvalue weighted by Gasteiger charge is 2.22. The lowest BCUT2D eigenvalue weighted by atomic mass is 10.1. The topological polar surface area (TPSA) is 145 Å². The van der Waals surface area contributed by atoms with Crippen LogP contribution in [0.25, 0.3) is 28.0 Å². The van der Waals surface area contributed by atoms with E-state index in [0.29, 0.717) is 23.2 Å². The van der Waals surface area contributed by atoms with Crippen molar-refractivity contribution in [2.45, 2.75) is 55.5 Å². The molecule has 2 aromatic carbocycles. The molecule has 6 rings (SSSR count). The lowest BCUT2D eigenvalue weighted by molar-refractivity contribution is 0.427. The summed E-state index contributed by atoms with van der Waals surface area (Å²) in [4.78, 5) is 20.5. The third-order valence-electron chi connectivity index (χ3n) is 7.78. The quantitative estimate of drug-likeness (QED) is 0.174. The molecule has 2 aromatic heterocycles. The van der Waals surface area contributed by atoms with Crippen molar-refractivity contribution in [2.24, 2.45) is 0 Å². The Balaban J connectivity index is 1.20. The first kappa shape index (κ1) is 26.4. The molecule has 1 aliphatic heterocycles. The normalized spacial score (nSPS) is 16.9. The number of nitrogens with zero attached hydrogens (tertiary/aromatic N) is 2. The van der Waals surface area contributed by atoms with E-state index in [-0.39, 0.29) is 10.9 Å². The highest BCUT2D eigenvalue weighted by Crippen LogP contribution is 2.25. The Morgan fingerprint density at radius 2 is 1.65 bits per heavy atom. The van der Waals surface area contributed by atoms with E-state index in [4.69, 9.17) is 5.41 Å². The number of piperidine rings is 1. The van der Waals surface area contributed by atoms with Gasteiger partial charge in [-0.2, -0.15) is 4.98 Å². The molecular formula is C29H33N7O3S. The van der Waals surface area contributed by atoms with Gasteiger partial charge in [0.15, 0.2) is 0 Å². The molecule has 0 unspecified atom stereocenters. The van der Waals surface area contributed by atoms with E-state index in [0.717, 1.165) is 61.0 Å². The van der Waals surface area contributed by atoms with Gasteiger partial charge in [0, 0.05) is 34.9 Å². The summed E-state index contributed by atoms with van der Waals surface area (Å²) < 4.78 is 30.0. The average Bonchev–Trinajstić information content (AvgIpc) is 3.63. The Morgan fingerprint density at radius 3 is 2.35 bits per heavy atom. The Kier molecular flexibility index (Phi) is 7.26. The molecular weight excluding hydrogens is 526 g/mol. The van der Waals surface area contributed by atoms with Gasteiger partial charge in [-0.1, -0.05) is 25.0 Å². The predicted molar refractivity (Wildman–Crippen MR) is 156 cm³/mol. The molecule has 1 aliphatic carbocycles. The molecule has 0 radical (unpaired) electrons. The van der Waals surface area contributed by atoms with Gasteiger partial charge in [0.1, 0.15) is 11.5 Å². The number of sulfonamides is 1. The lowest BCUT2D eigenvalue weighted by Crippen LogP contribution is -2.42. The molecule has 0 amide bonds. The van der Waals surface area contributed by atoms with Crippen LogP contribution in [0, 0.1) is 5.41 Å². The molecule has 1 saturated carbocycles. The van der Waals surface area contributed by atoms with Gasteiger partial charge in [0.25, 0.3) is 0 Å². The Hall–Kier alpha value is -3.80. The van der Waals surface area contributed by atoms with Crippen LogP contribution >= 0.6 is 0 Å². The van der Waals surface area contributed by atoms with E-state index >= 15 is 0 Å². The molecule has 0 bridgehead atoms. The maximum atomic E-state index is 12.8. The second-order valence-corrected chi connectivity index (χ2v) is 12.3. The minimum Gasteiger partial charge on any atom is -0.367 e. The van der Waals surface area contributed by atoms with Crippen LogP contribution in [-0.4, -0.2) is 54.0 Å². The molecule has 3 heterocycles. The second-order valence-electron chi connectivity index (χ2n) is 10.6. The first-order valence-electron chi connectivity index (χ1n) is 13.8. The zero-order valence-corrected chi connectivity index (χ0v) is 22.9. The number of rotatable bonds is 7. The van der Waals surface area contributed by atoms with Gasteiger partial charge in [0.2, 0.25) is 10.0 Å². The lowest BCUT2D eigenvalue weighted by Gasteiger charge is -2.23. The monoisotopic (exact) mass is 559 g/mol. The molecule has 0 spiro atoms. The van der Waals surface area contributed by atoms with Crippen LogP contribution in [0.15, 0.2) is 70.5 Å². The Morgan fingerprint density at radius 1 is 0.950 bits per heavy atom. The molecule has 2 fully saturated rings. The molecule has 4 aromatic rings. The van der Waals surface area contributed by atoms with E-state index in [9.17, 15) is 13.2 Å². The van der Waals surface area contributed by atoms with Crippen molar-refractivity contribution in [2.75, 3.05) is 13.1 Å². The van der Waals surface area contributed by atoms with Crippen LogP contribution < -0.4 is 21.0 Å². The number of aromatic amines is 1. The van der Waals surface area contributed by atoms with E-state index in [2.05, 4.69) is 25.3 Å². The number of aromatic nitrogens is 3. The summed E-state index contributed by atoms with van der Waals surface area (Å²) in [6.45, 7) is 1.61. The van der Waals surface area contributed by atoms with E-state index < -0.39 is 15.7 Å². The number of H-pyrrole nitrogens is 1. The summed E-state index contributed by atoms with van der Waals surface area (Å²) in [5, 5.41) is 15.7. The summed E-state index contributed by atoms with van der Waals surface area (Å²) in [6, 6.07) is 16.2. The van der Waals surface area contributed by atoms with Gasteiger partial charge < -0.3 is 15.6 Å². The van der Waals surface area contributed by atoms with Crippen molar-refractivity contribution >= 4 is 26.9 Å². The van der Waals surface area contributed by atoms with Gasteiger partial charge in [0.05, 0.1) is 10.6 Å². The number of fused-ring (bicyclic) bond motifs is 1. The minimum absolute atomic E-state index is 0.0596. The Labute approximate surface area is 232 Å². The van der Waals surface area contributed by atoms with Crippen LogP contribution in [0.3, 0.4) is 0 Å². The fraction of sp³-hybridized carbons (Fsp3) is 0.345. The van der Waals surface area contributed by atoms with E-state index in [1.807, 2.05) is 30.3 Å². The smallest absolute Gasteiger partial charge is 0.354 e. The van der Waals surface area contributed by atoms with Gasteiger partial charge in [-0.25, -0.2) is 17.9 Å². The SMILES string of the molecule is N=C(NC1CCCC1)c1ccc(-n2cc3cc(-c4ccc(S(=O)(=O)NC5CCNCC5)cc4)[nH]c3nc2=O)cc1. The van der Waals surface area contributed by atoms with Gasteiger partial charge in [-0.05, 0) is 86.8 Å². The molecule has 208 valence electrons. The van der Waals surface area contributed by atoms with Crippen LogP contribution in [-0.2, 0) is 10.0 Å². The molecule has 5 N–H and O–H groups in total. The summed E-state index contributed by atoms with van der Waals surface area (Å²) in [7, 11) is -3.60. The van der Waals surface area contributed by atoms with Gasteiger partial charge in [-0.15, -0.1) is 0 Å². The third-order valence-corrected chi connectivity index (χ3v) is 9.32. The molecule has 40 heavy (non-hydrogen) atoms. The second kappa shape index (κ2) is 11.0. The van der Waals surface area contributed by atoms with Crippen LogP contribution in [0.2, 0.25) is 0 Å². The van der Waals surface area contributed by atoms with Crippen molar-refractivity contribution in [3.8, 4) is 16.9 Å². The van der Waals surface area contributed by atoms with Crippen molar-refractivity contribution in [3.63, 3.8) is 0 Å². The summed E-state index contributed by atoms with van der Waals surface area (Å²) in [6.07, 6.45) is 7.87. The molecule has 10 nitrogen and oxygen atoms in total. The Bertz CT molecular complexity index is 1680. The number of amidine groups is 1. The van der Waals surface area contributed by atoms with E-state index in [1.54, 1.807) is 30.5 Å². The minimum atomic E-state index is -3.60. The van der Waals surface area contributed by atoms with Crippen molar-refractivity contribution in [3.05, 3.63) is 76.8 Å². The number of nitrogens with one attached hydrogen (secondary N) is 5. The first-order chi connectivity index (χ1) is 19.4. The highest BCUT2D eigenvalue weighted by molar-refractivity contribution is 7.89. The zero-order valence-electron chi connectivity index (χ0n) is 22.1.